The van der Waals surface area contributed by atoms with E-state index in [9.17, 15) is 8.78 Å². The summed E-state index contributed by atoms with van der Waals surface area (Å²) in [6, 6.07) is 4.27. The lowest BCUT2D eigenvalue weighted by Gasteiger charge is -2.15. The lowest BCUT2D eigenvalue weighted by molar-refractivity contribution is 0.113. The highest BCUT2D eigenvalue weighted by Crippen LogP contribution is 2.14. The van der Waals surface area contributed by atoms with E-state index in [4.69, 9.17) is 4.74 Å². The van der Waals surface area contributed by atoms with Crippen molar-refractivity contribution in [3.8, 4) is 0 Å². The van der Waals surface area contributed by atoms with Gasteiger partial charge in [-0.3, -0.25) is 0 Å². The summed E-state index contributed by atoms with van der Waals surface area (Å²) in [4.78, 5) is 0. The molecule has 0 aromatic heterocycles. The molecule has 0 spiro atoms. The first-order chi connectivity index (χ1) is 7.66. The number of nitrogens with one attached hydrogen (secondary N) is 1. The van der Waals surface area contributed by atoms with Crippen molar-refractivity contribution < 1.29 is 13.5 Å². The topological polar surface area (TPSA) is 21.3 Å². The fourth-order valence-electron chi connectivity index (χ4n) is 1.90. The van der Waals surface area contributed by atoms with Gasteiger partial charge in [0.15, 0.2) is 11.6 Å². The largest absolute Gasteiger partial charge is 0.377 e. The molecule has 0 radical (unpaired) electrons. The molecule has 0 amide bonds. The minimum Gasteiger partial charge on any atom is -0.377 e. The van der Waals surface area contributed by atoms with Crippen LogP contribution in [0.3, 0.4) is 0 Å². The van der Waals surface area contributed by atoms with Crippen molar-refractivity contribution in [3.63, 3.8) is 0 Å². The Hall–Kier alpha value is -1.00. The van der Waals surface area contributed by atoms with Crippen LogP contribution in [0.1, 0.15) is 18.9 Å². The fourth-order valence-corrected chi connectivity index (χ4v) is 1.90. The maximum atomic E-state index is 12.9. The third kappa shape index (κ3) is 2.57. The lowest BCUT2D eigenvalue weighted by Crippen LogP contribution is -2.34. The van der Waals surface area contributed by atoms with Gasteiger partial charge in [-0.2, -0.15) is 0 Å². The monoisotopic (exact) mass is 227 g/mol. The SMILES string of the molecule is CC1OCCC1NCc1ccc(F)c(F)c1. The van der Waals surface area contributed by atoms with E-state index in [0.717, 1.165) is 24.7 Å². The summed E-state index contributed by atoms with van der Waals surface area (Å²) in [7, 11) is 0. The first kappa shape index (κ1) is 11.5. The van der Waals surface area contributed by atoms with Crippen LogP contribution in [-0.4, -0.2) is 18.8 Å². The van der Waals surface area contributed by atoms with Crippen LogP contribution < -0.4 is 5.32 Å². The molecule has 1 N–H and O–H groups in total. The van der Waals surface area contributed by atoms with Gasteiger partial charge in [0.2, 0.25) is 0 Å². The molecule has 1 fully saturated rings. The Morgan fingerprint density at radius 2 is 2.19 bits per heavy atom. The summed E-state index contributed by atoms with van der Waals surface area (Å²) in [5, 5.41) is 3.28. The van der Waals surface area contributed by atoms with Gasteiger partial charge in [-0.1, -0.05) is 6.07 Å². The molecular formula is C12H15F2NO. The molecule has 1 aliphatic heterocycles. The fraction of sp³-hybridized carbons (Fsp3) is 0.500. The molecule has 1 aliphatic rings. The summed E-state index contributed by atoms with van der Waals surface area (Å²) >= 11 is 0. The number of rotatable bonds is 3. The Labute approximate surface area is 93.6 Å². The molecule has 0 saturated carbocycles. The lowest BCUT2D eigenvalue weighted by atomic mass is 10.1. The zero-order valence-corrected chi connectivity index (χ0v) is 9.17. The highest BCUT2D eigenvalue weighted by molar-refractivity contribution is 5.17. The smallest absolute Gasteiger partial charge is 0.159 e. The van der Waals surface area contributed by atoms with Crippen LogP contribution >= 0.6 is 0 Å². The van der Waals surface area contributed by atoms with E-state index in [0.29, 0.717) is 12.6 Å². The summed E-state index contributed by atoms with van der Waals surface area (Å²) in [6.07, 6.45) is 1.15. The molecule has 1 heterocycles. The minimum atomic E-state index is -0.804. The van der Waals surface area contributed by atoms with Crippen LogP contribution in [0, 0.1) is 11.6 Å². The molecule has 0 aliphatic carbocycles. The number of ether oxygens (including phenoxy) is 1. The molecular weight excluding hydrogens is 212 g/mol. The maximum absolute atomic E-state index is 12.9. The summed E-state index contributed by atoms with van der Waals surface area (Å²) < 4.78 is 31.0. The van der Waals surface area contributed by atoms with Crippen LogP contribution in [0.4, 0.5) is 8.78 Å². The van der Waals surface area contributed by atoms with Crippen molar-refractivity contribution in [2.75, 3.05) is 6.61 Å². The summed E-state index contributed by atoms with van der Waals surface area (Å²) in [5.74, 6) is -1.60. The third-order valence-electron chi connectivity index (χ3n) is 2.93. The molecule has 16 heavy (non-hydrogen) atoms. The molecule has 88 valence electrons. The predicted octanol–water partition coefficient (Wildman–Crippen LogP) is 2.23. The van der Waals surface area contributed by atoms with Crippen LogP contribution in [0.15, 0.2) is 18.2 Å². The molecule has 4 heteroatoms. The standard InChI is InChI=1S/C12H15F2NO/c1-8-12(4-5-16-8)15-7-9-2-3-10(13)11(14)6-9/h2-3,6,8,12,15H,4-5,7H2,1H3. The van der Waals surface area contributed by atoms with Crippen molar-refractivity contribution in [2.24, 2.45) is 0 Å². The van der Waals surface area contributed by atoms with Gasteiger partial charge >= 0.3 is 0 Å². The highest BCUT2D eigenvalue weighted by atomic mass is 19.2. The minimum absolute atomic E-state index is 0.185. The van der Waals surface area contributed by atoms with Crippen molar-refractivity contribution in [2.45, 2.75) is 32.0 Å². The molecule has 2 nitrogen and oxygen atoms in total. The number of hydrogen-bond donors (Lipinski definition) is 1. The van der Waals surface area contributed by atoms with Crippen molar-refractivity contribution >= 4 is 0 Å². The Bertz CT molecular complexity index is 370. The van der Waals surface area contributed by atoms with Crippen LogP contribution in [0.25, 0.3) is 0 Å². The molecule has 2 rings (SSSR count). The summed E-state index contributed by atoms with van der Waals surface area (Å²) in [6.45, 7) is 3.31. The van der Waals surface area contributed by atoms with Gasteiger partial charge in [0.25, 0.3) is 0 Å². The van der Waals surface area contributed by atoms with E-state index >= 15 is 0 Å². The Morgan fingerprint density at radius 1 is 1.38 bits per heavy atom. The zero-order valence-electron chi connectivity index (χ0n) is 9.17. The van der Waals surface area contributed by atoms with Gasteiger partial charge in [-0.25, -0.2) is 8.78 Å². The molecule has 1 saturated heterocycles. The van der Waals surface area contributed by atoms with E-state index in [1.165, 1.54) is 6.07 Å². The predicted molar refractivity (Wildman–Crippen MR) is 57.0 cm³/mol. The molecule has 1 aromatic carbocycles. The maximum Gasteiger partial charge on any atom is 0.159 e. The van der Waals surface area contributed by atoms with Gasteiger partial charge in [0.05, 0.1) is 6.10 Å². The van der Waals surface area contributed by atoms with Crippen molar-refractivity contribution in [1.82, 2.24) is 5.32 Å². The zero-order chi connectivity index (χ0) is 11.5. The molecule has 0 bridgehead atoms. The summed E-state index contributed by atoms with van der Waals surface area (Å²) in [5.41, 5.74) is 0.748. The Kier molecular flexibility index (Phi) is 3.51. The van der Waals surface area contributed by atoms with Crippen LogP contribution in [0.2, 0.25) is 0 Å². The van der Waals surface area contributed by atoms with E-state index in [1.807, 2.05) is 6.92 Å². The molecule has 1 aromatic rings. The van der Waals surface area contributed by atoms with Gasteiger partial charge in [0.1, 0.15) is 0 Å². The Balaban J connectivity index is 1.91. The second-order valence-corrected chi connectivity index (χ2v) is 4.10. The highest BCUT2D eigenvalue weighted by Gasteiger charge is 2.23. The molecule has 2 unspecified atom stereocenters. The van der Waals surface area contributed by atoms with E-state index in [1.54, 1.807) is 6.07 Å². The van der Waals surface area contributed by atoms with Crippen LogP contribution in [-0.2, 0) is 11.3 Å². The van der Waals surface area contributed by atoms with E-state index in [-0.39, 0.29) is 6.10 Å². The van der Waals surface area contributed by atoms with Gasteiger partial charge in [-0.05, 0) is 31.0 Å². The number of hydrogen-bond acceptors (Lipinski definition) is 2. The van der Waals surface area contributed by atoms with Gasteiger partial charge in [-0.15, -0.1) is 0 Å². The second kappa shape index (κ2) is 4.89. The number of halogens is 2. The number of benzene rings is 1. The third-order valence-corrected chi connectivity index (χ3v) is 2.93. The normalized spacial score (nSPS) is 24.9. The average molecular weight is 227 g/mol. The second-order valence-electron chi connectivity index (χ2n) is 4.10. The van der Waals surface area contributed by atoms with E-state index in [2.05, 4.69) is 5.32 Å². The van der Waals surface area contributed by atoms with Gasteiger partial charge < -0.3 is 10.1 Å². The average Bonchev–Trinajstić information content (AvgIpc) is 2.66. The first-order valence-electron chi connectivity index (χ1n) is 5.46. The first-order valence-corrected chi connectivity index (χ1v) is 5.46. The van der Waals surface area contributed by atoms with Gasteiger partial charge in [0, 0.05) is 19.2 Å². The van der Waals surface area contributed by atoms with E-state index < -0.39 is 11.6 Å². The quantitative estimate of drug-likeness (QED) is 0.855. The van der Waals surface area contributed by atoms with Crippen LogP contribution in [0.5, 0.6) is 0 Å². The Morgan fingerprint density at radius 3 is 2.81 bits per heavy atom. The molecule has 2 atom stereocenters. The van der Waals surface area contributed by atoms with Crippen molar-refractivity contribution in [3.05, 3.63) is 35.4 Å². The van der Waals surface area contributed by atoms with Crippen molar-refractivity contribution in [1.29, 1.82) is 0 Å².